The van der Waals surface area contributed by atoms with Crippen LogP contribution in [-0.2, 0) is 9.59 Å². The van der Waals surface area contributed by atoms with Gasteiger partial charge in [0.1, 0.15) is 11.6 Å². The van der Waals surface area contributed by atoms with E-state index in [4.69, 9.17) is 0 Å². The van der Waals surface area contributed by atoms with Gasteiger partial charge in [0.15, 0.2) is 0 Å². The number of halogens is 1. The van der Waals surface area contributed by atoms with Gasteiger partial charge in [0.2, 0.25) is 11.8 Å². The molecule has 1 unspecified atom stereocenters. The van der Waals surface area contributed by atoms with Gasteiger partial charge in [0.25, 0.3) is 0 Å². The average Bonchev–Trinajstić information content (AvgIpc) is 2.68. The van der Waals surface area contributed by atoms with Crippen LogP contribution in [0.3, 0.4) is 0 Å². The summed E-state index contributed by atoms with van der Waals surface area (Å²) < 4.78 is 13.4. The zero-order valence-corrected chi connectivity index (χ0v) is 15.6. The van der Waals surface area contributed by atoms with Crippen molar-refractivity contribution in [1.82, 2.24) is 9.88 Å². The number of anilines is 3. The monoisotopic (exact) mass is 383 g/mol. The van der Waals surface area contributed by atoms with Crippen molar-refractivity contribution in [2.24, 2.45) is 0 Å². The van der Waals surface area contributed by atoms with Crippen molar-refractivity contribution in [1.29, 1.82) is 0 Å². The summed E-state index contributed by atoms with van der Waals surface area (Å²) in [6, 6.07) is 7.77. The van der Waals surface area contributed by atoms with Gasteiger partial charge >= 0.3 is 0 Å². The molecule has 4 rings (SSSR count). The highest BCUT2D eigenvalue weighted by Gasteiger charge is 2.31. The van der Waals surface area contributed by atoms with Gasteiger partial charge < -0.3 is 20.4 Å². The van der Waals surface area contributed by atoms with Gasteiger partial charge in [-0.15, -0.1) is 0 Å². The molecule has 2 aliphatic heterocycles. The maximum atomic E-state index is 13.4. The number of fused-ring (bicyclic) bond motifs is 1. The first-order valence-electron chi connectivity index (χ1n) is 9.29. The number of carbonyl (C=O) groups is 2. The van der Waals surface area contributed by atoms with E-state index in [0.29, 0.717) is 16.9 Å². The molecule has 2 aliphatic rings. The van der Waals surface area contributed by atoms with E-state index in [-0.39, 0.29) is 18.2 Å². The Bertz CT molecular complexity index is 894. The molecule has 2 aromatic rings. The second-order valence-electron chi connectivity index (χ2n) is 7.22. The lowest BCUT2D eigenvalue weighted by Crippen LogP contribution is -2.44. The molecular formula is C20H22FN5O2. The summed E-state index contributed by atoms with van der Waals surface area (Å²) in [4.78, 5) is 33.6. The summed E-state index contributed by atoms with van der Waals surface area (Å²) in [6.45, 7) is 3.81. The van der Waals surface area contributed by atoms with Crippen LogP contribution in [-0.4, -0.2) is 54.9 Å². The van der Waals surface area contributed by atoms with Gasteiger partial charge in [-0.2, -0.15) is 0 Å². The number of benzene rings is 1. The van der Waals surface area contributed by atoms with Crippen LogP contribution in [0.15, 0.2) is 36.5 Å². The first-order valence-corrected chi connectivity index (χ1v) is 9.29. The molecule has 1 aromatic carbocycles. The molecular weight excluding hydrogens is 361 g/mol. The minimum atomic E-state index is -0.665. The molecule has 0 saturated carbocycles. The smallest absolute Gasteiger partial charge is 0.232 e. The molecule has 0 aliphatic carbocycles. The zero-order valence-electron chi connectivity index (χ0n) is 15.6. The molecule has 146 valence electrons. The van der Waals surface area contributed by atoms with E-state index in [2.05, 4.69) is 32.5 Å². The van der Waals surface area contributed by atoms with Gasteiger partial charge in [-0.25, -0.2) is 9.37 Å². The number of likely N-dealkylation sites (N-methyl/N-ethyl adjacent to an activating group) is 1. The fourth-order valence-electron chi connectivity index (χ4n) is 3.58. The third-order valence-electron chi connectivity index (χ3n) is 5.21. The van der Waals surface area contributed by atoms with E-state index >= 15 is 0 Å². The Morgan fingerprint density at radius 3 is 2.71 bits per heavy atom. The minimum Gasteiger partial charge on any atom is -0.354 e. The number of carbonyl (C=O) groups excluding carboxylic acids is 2. The Labute approximate surface area is 162 Å². The lowest BCUT2D eigenvalue weighted by molar-refractivity contribution is -0.123. The molecule has 1 atom stereocenters. The van der Waals surface area contributed by atoms with Gasteiger partial charge in [0.05, 0.1) is 17.8 Å². The number of nitrogens with one attached hydrogen (secondary N) is 2. The van der Waals surface area contributed by atoms with Crippen LogP contribution < -0.4 is 15.5 Å². The lowest BCUT2D eigenvalue weighted by atomic mass is 9.89. The van der Waals surface area contributed by atoms with Crippen molar-refractivity contribution < 1.29 is 14.0 Å². The van der Waals surface area contributed by atoms with Crippen LogP contribution in [0, 0.1) is 5.82 Å². The van der Waals surface area contributed by atoms with E-state index in [9.17, 15) is 14.0 Å². The number of hydrogen-bond acceptors (Lipinski definition) is 5. The maximum absolute atomic E-state index is 13.4. The summed E-state index contributed by atoms with van der Waals surface area (Å²) in [5.74, 6) is -0.854. The maximum Gasteiger partial charge on any atom is 0.232 e. The first-order chi connectivity index (χ1) is 13.5. The molecule has 2 N–H and O–H groups in total. The largest absolute Gasteiger partial charge is 0.354 e. The van der Waals surface area contributed by atoms with Crippen LogP contribution in [0.2, 0.25) is 0 Å². The molecule has 0 radical (unpaired) electrons. The van der Waals surface area contributed by atoms with E-state index in [1.165, 1.54) is 12.1 Å². The number of hydrogen-bond donors (Lipinski definition) is 2. The Kier molecular flexibility index (Phi) is 4.95. The number of rotatable bonds is 3. The van der Waals surface area contributed by atoms with E-state index in [1.54, 1.807) is 12.3 Å². The standard InChI is InChI=1S/C20H22FN5O2/c1-25-6-8-26(9-7-25)18-5-3-14(12-22-18)23-20(28)16-11-19(27)24-17-10-13(21)2-4-15(16)17/h2-5,10,12,16H,6-9,11H2,1H3,(H,23,28)(H,24,27). The number of piperazine rings is 1. The SMILES string of the molecule is CN1CCN(c2ccc(NC(=O)C3CC(=O)Nc4cc(F)ccc43)cn2)CC1. The fourth-order valence-corrected chi connectivity index (χ4v) is 3.58. The van der Waals surface area contributed by atoms with Crippen molar-refractivity contribution in [2.75, 3.05) is 48.8 Å². The second-order valence-corrected chi connectivity index (χ2v) is 7.22. The molecule has 0 spiro atoms. The number of pyridine rings is 1. The van der Waals surface area contributed by atoms with Gasteiger partial charge in [0, 0.05) is 38.3 Å². The second kappa shape index (κ2) is 7.55. The van der Waals surface area contributed by atoms with Crippen molar-refractivity contribution in [2.45, 2.75) is 12.3 Å². The number of amides is 2. The summed E-state index contributed by atoms with van der Waals surface area (Å²) in [5, 5.41) is 5.44. The molecule has 3 heterocycles. The van der Waals surface area contributed by atoms with E-state index in [0.717, 1.165) is 32.0 Å². The highest BCUT2D eigenvalue weighted by atomic mass is 19.1. The molecule has 1 aromatic heterocycles. The topological polar surface area (TPSA) is 77.6 Å². The molecule has 2 amide bonds. The Morgan fingerprint density at radius 1 is 1.21 bits per heavy atom. The Hall–Kier alpha value is -3.00. The highest BCUT2D eigenvalue weighted by Crippen LogP contribution is 2.33. The van der Waals surface area contributed by atoms with Crippen molar-refractivity contribution in [3.63, 3.8) is 0 Å². The highest BCUT2D eigenvalue weighted by molar-refractivity contribution is 6.05. The molecule has 0 bridgehead atoms. The normalized spacial score (nSPS) is 19.7. The Morgan fingerprint density at radius 2 is 2.00 bits per heavy atom. The predicted molar refractivity (Wildman–Crippen MR) is 105 cm³/mol. The lowest BCUT2D eigenvalue weighted by Gasteiger charge is -2.33. The molecule has 7 nitrogen and oxygen atoms in total. The van der Waals surface area contributed by atoms with Crippen LogP contribution in [0.25, 0.3) is 0 Å². The molecule has 1 fully saturated rings. The van der Waals surface area contributed by atoms with Gasteiger partial charge in [-0.1, -0.05) is 6.07 Å². The summed E-state index contributed by atoms with van der Waals surface area (Å²) >= 11 is 0. The van der Waals surface area contributed by atoms with Crippen LogP contribution in [0.4, 0.5) is 21.6 Å². The van der Waals surface area contributed by atoms with E-state index < -0.39 is 11.7 Å². The van der Waals surface area contributed by atoms with Crippen molar-refractivity contribution in [3.8, 4) is 0 Å². The number of nitrogens with zero attached hydrogens (tertiary/aromatic N) is 3. The van der Waals surface area contributed by atoms with Crippen molar-refractivity contribution in [3.05, 3.63) is 47.9 Å². The fraction of sp³-hybridized carbons (Fsp3) is 0.350. The third kappa shape index (κ3) is 3.82. The van der Waals surface area contributed by atoms with Gasteiger partial charge in [-0.05, 0) is 36.9 Å². The molecule has 1 saturated heterocycles. The van der Waals surface area contributed by atoms with Crippen LogP contribution in [0.1, 0.15) is 17.9 Å². The first kappa shape index (κ1) is 18.4. The predicted octanol–water partition coefficient (Wildman–Crippen LogP) is 2.04. The molecule has 8 heteroatoms. The van der Waals surface area contributed by atoms with Gasteiger partial charge in [-0.3, -0.25) is 9.59 Å². The third-order valence-corrected chi connectivity index (χ3v) is 5.21. The van der Waals surface area contributed by atoms with Crippen LogP contribution in [0.5, 0.6) is 0 Å². The van der Waals surface area contributed by atoms with Crippen molar-refractivity contribution >= 4 is 29.0 Å². The molecule has 28 heavy (non-hydrogen) atoms. The summed E-state index contributed by atoms with van der Waals surface area (Å²) in [5.41, 5.74) is 1.53. The Balaban J connectivity index is 1.46. The van der Waals surface area contributed by atoms with E-state index in [1.807, 2.05) is 12.1 Å². The number of aromatic nitrogens is 1. The zero-order chi connectivity index (χ0) is 19.7. The minimum absolute atomic E-state index is 0.0251. The van der Waals surface area contributed by atoms with Crippen LogP contribution >= 0.6 is 0 Å². The summed E-state index contributed by atoms with van der Waals surface area (Å²) in [6.07, 6.45) is 1.65. The average molecular weight is 383 g/mol. The quantitative estimate of drug-likeness (QED) is 0.848. The summed E-state index contributed by atoms with van der Waals surface area (Å²) in [7, 11) is 2.10.